The van der Waals surface area contributed by atoms with Gasteiger partial charge < -0.3 is 16.4 Å². The summed E-state index contributed by atoms with van der Waals surface area (Å²) in [7, 11) is 0. The Labute approximate surface area is 204 Å². The molecule has 4 aromatic carbocycles. The lowest BCUT2D eigenvalue weighted by atomic mass is 9.97. The Hall–Kier alpha value is -4.71. The largest absolute Gasteiger partial charge is 0.384 e. The summed E-state index contributed by atoms with van der Waals surface area (Å²) >= 11 is 0. The quantitative estimate of drug-likeness (QED) is 0.231. The van der Waals surface area contributed by atoms with Crippen molar-refractivity contribution in [1.82, 2.24) is 10.6 Å². The van der Waals surface area contributed by atoms with Crippen molar-refractivity contribution in [2.75, 3.05) is 0 Å². The fourth-order valence-electron chi connectivity index (χ4n) is 3.86. The van der Waals surface area contributed by atoms with Crippen LogP contribution in [-0.2, 0) is 4.79 Å². The number of hydrogen-bond acceptors (Lipinski definition) is 3. The Bertz CT molecular complexity index is 1270. The molecule has 0 aliphatic heterocycles. The molecule has 6 nitrogen and oxygen atoms in total. The summed E-state index contributed by atoms with van der Waals surface area (Å²) in [5.41, 5.74) is 8.84. The second-order valence-corrected chi connectivity index (χ2v) is 8.07. The van der Waals surface area contributed by atoms with Crippen LogP contribution < -0.4 is 16.4 Å². The standard InChI is InChI=1S/C29H26N4O2/c30-27(31)23-17-10-18-24(19-23)28(34)33-26(22-15-8-3-9-16-22)29(35)32-25(20-11-4-1-5-12-20)21-13-6-2-7-14-21/h1-19,25-26H,(H3,30,31)(H,32,35)(H,33,34)/t26-/m1/s1. The average Bonchev–Trinajstić information content (AvgIpc) is 2.91. The van der Waals surface area contributed by atoms with Crippen LogP contribution in [0.15, 0.2) is 115 Å². The molecule has 0 saturated heterocycles. The molecule has 0 radical (unpaired) electrons. The first kappa shape index (κ1) is 23.4. The first-order valence-electron chi connectivity index (χ1n) is 11.2. The lowest BCUT2D eigenvalue weighted by Crippen LogP contribution is -2.42. The first-order chi connectivity index (χ1) is 17.0. The van der Waals surface area contributed by atoms with Crippen molar-refractivity contribution in [3.05, 3.63) is 143 Å². The van der Waals surface area contributed by atoms with Crippen molar-refractivity contribution in [3.8, 4) is 0 Å². The van der Waals surface area contributed by atoms with Crippen molar-refractivity contribution in [1.29, 1.82) is 5.41 Å². The number of hydrogen-bond donors (Lipinski definition) is 4. The van der Waals surface area contributed by atoms with E-state index in [2.05, 4.69) is 10.6 Å². The van der Waals surface area contributed by atoms with E-state index in [1.165, 1.54) is 6.07 Å². The van der Waals surface area contributed by atoms with E-state index >= 15 is 0 Å². The number of rotatable bonds is 8. The summed E-state index contributed by atoms with van der Waals surface area (Å²) in [6, 6.07) is 33.7. The molecule has 1 atom stereocenters. The minimum absolute atomic E-state index is 0.134. The molecule has 5 N–H and O–H groups in total. The maximum absolute atomic E-state index is 13.7. The number of nitrogens with two attached hydrogens (primary N) is 1. The van der Waals surface area contributed by atoms with Crippen molar-refractivity contribution >= 4 is 17.6 Å². The number of carbonyl (C=O) groups is 2. The number of nitrogen functional groups attached to an aromatic ring is 1. The van der Waals surface area contributed by atoms with Crippen LogP contribution in [0.25, 0.3) is 0 Å². The summed E-state index contributed by atoms with van der Waals surface area (Å²) < 4.78 is 0. The number of amides is 2. The third kappa shape index (κ3) is 5.81. The van der Waals surface area contributed by atoms with Gasteiger partial charge in [-0.05, 0) is 28.8 Å². The van der Waals surface area contributed by atoms with Crippen molar-refractivity contribution in [2.45, 2.75) is 12.1 Å². The van der Waals surface area contributed by atoms with E-state index in [1.54, 1.807) is 30.3 Å². The Balaban J connectivity index is 1.65. The third-order valence-corrected chi connectivity index (χ3v) is 5.66. The molecule has 6 heteroatoms. The van der Waals surface area contributed by atoms with Crippen LogP contribution >= 0.6 is 0 Å². The molecule has 0 aliphatic carbocycles. The van der Waals surface area contributed by atoms with Gasteiger partial charge in [0.15, 0.2) is 0 Å². The van der Waals surface area contributed by atoms with Crippen LogP contribution in [-0.4, -0.2) is 17.6 Å². The van der Waals surface area contributed by atoms with E-state index in [9.17, 15) is 9.59 Å². The molecule has 0 aliphatic rings. The van der Waals surface area contributed by atoms with Crippen LogP contribution in [0.1, 0.15) is 44.7 Å². The minimum atomic E-state index is -0.931. The van der Waals surface area contributed by atoms with Crippen LogP contribution in [0.2, 0.25) is 0 Å². The van der Waals surface area contributed by atoms with E-state index in [0.29, 0.717) is 16.7 Å². The van der Waals surface area contributed by atoms with Gasteiger partial charge in [-0.25, -0.2) is 0 Å². The molecule has 174 valence electrons. The molecule has 0 heterocycles. The SMILES string of the molecule is N=C(N)c1cccc(C(=O)N[C@@H](C(=O)NC(c2ccccc2)c2ccccc2)c2ccccc2)c1. The molecule has 0 unspecified atom stereocenters. The molecule has 4 aromatic rings. The molecule has 0 bridgehead atoms. The number of benzene rings is 4. The van der Waals surface area contributed by atoms with E-state index < -0.39 is 18.0 Å². The summed E-state index contributed by atoms with van der Waals surface area (Å²) in [6.45, 7) is 0. The molecule has 0 saturated carbocycles. The van der Waals surface area contributed by atoms with Gasteiger partial charge in [0.1, 0.15) is 11.9 Å². The summed E-state index contributed by atoms with van der Waals surface area (Å²) in [4.78, 5) is 26.8. The maximum Gasteiger partial charge on any atom is 0.252 e. The van der Waals surface area contributed by atoms with E-state index in [0.717, 1.165) is 11.1 Å². The number of carbonyl (C=O) groups excluding carboxylic acids is 2. The Kier molecular flexibility index (Phi) is 7.33. The van der Waals surface area contributed by atoms with Gasteiger partial charge in [-0.1, -0.05) is 103 Å². The second kappa shape index (κ2) is 10.9. The van der Waals surface area contributed by atoms with Gasteiger partial charge in [-0.2, -0.15) is 0 Å². The van der Waals surface area contributed by atoms with Gasteiger partial charge in [0.2, 0.25) is 5.91 Å². The predicted octanol–water partition coefficient (Wildman–Crippen LogP) is 4.35. The third-order valence-electron chi connectivity index (χ3n) is 5.66. The predicted molar refractivity (Wildman–Crippen MR) is 137 cm³/mol. The zero-order valence-corrected chi connectivity index (χ0v) is 19.0. The fraction of sp³-hybridized carbons (Fsp3) is 0.0690. The average molecular weight is 463 g/mol. The van der Waals surface area contributed by atoms with Gasteiger partial charge in [0.25, 0.3) is 5.91 Å². The Morgan fingerprint density at radius 3 is 1.63 bits per heavy atom. The smallest absolute Gasteiger partial charge is 0.252 e. The molecule has 0 spiro atoms. The summed E-state index contributed by atoms with van der Waals surface area (Å²) in [5, 5.41) is 13.6. The Morgan fingerprint density at radius 2 is 1.11 bits per heavy atom. The molecule has 35 heavy (non-hydrogen) atoms. The zero-order valence-electron chi connectivity index (χ0n) is 19.0. The highest BCUT2D eigenvalue weighted by molar-refractivity contribution is 6.01. The van der Waals surface area contributed by atoms with Gasteiger partial charge in [-0.15, -0.1) is 0 Å². The molecule has 0 aromatic heterocycles. The Morgan fingerprint density at radius 1 is 0.629 bits per heavy atom. The molecular weight excluding hydrogens is 436 g/mol. The number of amidine groups is 1. The van der Waals surface area contributed by atoms with Crippen LogP contribution in [0.4, 0.5) is 0 Å². The lowest BCUT2D eigenvalue weighted by Gasteiger charge is -2.25. The lowest BCUT2D eigenvalue weighted by molar-refractivity contribution is -0.123. The van der Waals surface area contributed by atoms with E-state index in [1.807, 2.05) is 78.9 Å². The van der Waals surface area contributed by atoms with Crippen molar-refractivity contribution < 1.29 is 9.59 Å². The molecule has 2 amide bonds. The summed E-state index contributed by atoms with van der Waals surface area (Å²) in [6.07, 6.45) is 0. The molecule has 0 fully saturated rings. The zero-order chi connectivity index (χ0) is 24.6. The van der Waals surface area contributed by atoms with Gasteiger partial charge in [-0.3, -0.25) is 15.0 Å². The van der Waals surface area contributed by atoms with Gasteiger partial charge in [0.05, 0.1) is 6.04 Å². The number of nitrogens with one attached hydrogen (secondary N) is 3. The minimum Gasteiger partial charge on any atom is -0.384 e. The normalized spacial score (nSPS) is 11.5. The van der Waals surface area contributed by atoms with Gasteiger partial charge >= 0.3 is 0 Å². The highest BCUT2D eigenvalue weighted by Gasteiger charge is 2.26. The monoisotopic (exact) mass is 462 g/mol. The second-order valence-electron chi connectivity index (χ2n) is 8.07. The van der Waals surface area contributed by atoms with E-state index in [4.69, 9.17) is 11.1 Å². The van der Waals surface area contributed by atoms with Crippen molar-refractivity contribution in [2.24, 2.45) is 5.73 Å². The van der Waals surface area contributed by atoms with E-state index in [-0.39, 0.29) is 11.7 Å². The van der Waals surface area contributed by atoms with Crippen LogP contribution in [0.5, 0.6) is 0 Å². The van der Waals surface area contributed by atoms with Crippen LogP contribution in [0.3, 0.4) is 0 Å². The summed E-state index contributed by atoms with van der Waals surface area (Å²) in [5.74, 6) is -0.913. The van der Waals surface area contributed by atoms with Crippen LogP contribution in [0, 0.1) is 5.41 Å². The van der Waals surface area contributed by atoms with Crippen molar-refractivity contribution in [3.63, 3.8) is 0 Å². The van der Waals surface area contributed by atoms with Gasteiger partial charge in [0, 0.05) is 11.1 Å². The highest BCUT2D eigenvalue weighted by atomic mass is 16.2. The molecular formula is C29H26N4O2. The first-order valence-corrected chi connectivity index (χ1v) is 11.2. The highest BCUT2D eigenvalue weighted by Crippen LogP contribution is 2.24. The maximum atomic E-state index is 13.7. The fourth-order valence-corrected chi connectivity index (χ4v) is 3.86. The topological polar surface area (TPSA) is 108 Å². The molecule has 4 rings (SSSR count).